The molecule has 16 heavy (non-hydrogen) atoms. The summed E-state index contributed by atoms with van der Waals surface area (Å²) < 4.78 is 0. The number of nitrogens with one attached hydrogen (secondary N) is 1. The van der Waals surface area contributed by atoms with Gasteiger partial charge in [0.15, 0.2) is 0 Å². The molecule has 0 radical (unpaired) electrons. The lowest BCUT2D eigenvalue weighted by Gasteiger charge is -2.14. The molecular formula is C13H19NO2. The zero-order valence-electron chi connectivity index (χ0n) is 9.81. The molecule has 1 rings (SSSR count). The summed E-state index contributed by atoms with van der Waals surface area (Å²) >= 11 is 0. The van der Waals surface area contributed by atoms with Crippen molar-refractivity contribution in [3.63, 3.8) is 0 Å². The van der Waals surface area contributed by atoms with Crippen LogP contribution in [-0.2, 0) is 11.2 Å². The maximum absolute atomic E-state index is 11.2. The van der Waals surface area contributed by atoms with Crippen molar-refractivity contribution in [3.8, 4) is 0 Å². The van der Waals surface area contributed by atoms with E-state index in [-0.39, 0.29) is 11.9 Å². The third kappa shape index (κ3) is 4.45. The van der Waals surface area contributed by atoms with Crippen LogP contribution in [0, 0.1) is 0 Å². The van der Waals surface area contributed by atoms with E-state index in [0.717, 1.165) is 12.8 Å². The minimum Gasteiger partial charge on any atom is -0.384 e. The van der Waals surface area contributed by atoms with Crippen LogP contribution in [0.2, 0.25) is 0 Å². The van der Waals surface area contributed by atoms with Gasteiger partial charge in [-0.15, -0.1) is 0 Å². The van der Waals surface area contributed by atoms with Gasteiger partial charge in [0, 0.05) is 6.04 Å². The Labute approximate surface area is 96.5 Å². The molecule has 1 aromatic rings. The maximum atomic E-state index is 11.2. The van der Waals surface area contributed by atoms with Crippen molar-refractivity contribution in [1.29, 1.82) is 0 Å². The second kappa shape index (κ2) is 6.28. The van der Waals surface area contributed by atoms with Gasteiger partial charge in [-0.05, 0) is 32.3 Å². The predicted molar refractivity (Wildman–Crippen MR) is 64.0 cm³/mol. The fraction of sp³-hybridized carbons (Fsp3) is 0.462. The highest BCUT2D eigenvalue weighted by Crippen LogP contribution is 2.04. The van der Waals surface area contributed by atoms with E-state index in [1.54, 1.807) is 0 Å². The first kappa shape index (κ1) is 12.7. The molecule has 0 aromatic heterocycles. The molecule has 0 saturated carbocycles. The number of hydrogen-bond donors (Lipinski definition) is 2. The summed E-state index contributed by atoms with van der Waals surface area (Å²) in [7, 11) is 0. The number of rotatable bonds is 5. The molecule has 0 fully saturated rings. The molecular weight excluding hydrogens is 202 g/mol. The molecule has 1 aromatic carbocycles. The van der Waals surface area contributed by atoms with Gasteiger partial charge < -0.3 is 10.4 Å². The molecule has 0 unspecified atom stereocenters. The van der Waals surface area contributed by atoms with Gasteiger partial charge in [0.05, 0.1) is 0 Å². The summed E-state index contributed by atoms with van der Waals surface area (Å²) in [5, 5.41) is 11.8. The van der Waals surface area contributed by atoms with Crippen LogP contribution in [0.5, 0.6) is 0 Å². The quantitative estimate of drug-likeness (QED) is 0.791. The van der Waals surface area contributed by atoms with Crippen molar-refractivity contribution < 1.29 is 9.90 Å². The second-order valence-corrected chi connectivity index (χ2v) is 4.11. The van der Waals surface area contributed by atoms with Gasteiger partial charge in [0.2, 0.25) is 5.91 Å². The van der Waals surface area contributed by atoms with Gasteiger partial charge in [0.25, 0.3) is 0 Å². The van der Waals surface area contributed by atoms with Gasteiger partial charge in [-0.2, -0.15) is 0 Å². The van der Waals surface area contributed by atoms with E-state index in [9.17, 15) is 4.79 Å². The Hall–Kier alpha value is -1.35. The zero-order chi connectivity index (χ0) is 12.0. The van der Waals surface area contributed by atoms with E-state index in [1.165, 1.54) is 12.5 Å². The summed E-state index contributed by atoms with van der Waals surface area (Å²) in [5.74, 6) is -0.305. The first-order valence-corrected chi connectivity index (χ1v) is 5.62. The highest BCUT2D eigenvalue weighted by Gasteiger charge is 2.11. The Kier molecular flexibility index (Phi) is 4.99. The number of amides is 1. The topological polar surface area (TPSA) is 49.3 Å². The maximum Gasteiger partial charge on any atom is 0.248 e. The molecule has 0 heterocycles. The molecule has 2 atom stereocenters. The van der Waals surface area contributed by atoms with E-state index < -0.39 is 6.10 Å². The highest BCUT2D eigenvalue weighted by atomic mass is 16.3. The zero-order valence-corrected chi connectivity index (χ0v) is 9.81. The van der Waals surface area contributed by atoms with Crippen LogP contribution in [0.15, 0.2) is 30.3 Å². The number of aliphatic hydroxyl groups excluding tert-OH is 1. The Bertz CT molecular complexity index is 322. The minimum absolute atomic E-state index is 0.0855. The first-order chi connectivity index (χ1) is 7.59. The average molecular weight is 221 g/mol. The van der Waals surface area contributed by atoms with E-state index in [1.807, 2.05) is 25.1 Å². The van der Waals surface area contributed by atoms with Crippen molar-refractivity contribution in [2.45, 2.75) is 38.8 Å². The van der Waals surface area contributed by atoms with E-state index in [4.69, 9.17) is 5.11 Å². The number of carbonyl (C=O) groups is 1. The molecule has 0 aliphatic rings. The molecule has 0 aliphatic heterocycles. The third-order valence-corrected chi connectivity index (χ3v) is 2.48. The van der Waals surface area contributed by atoms with Crippen molar-refractivity contribution >= 4 is 5.91 Å². The van der Waals surface area contributed by atoms with E-state index in [0.29, 0.717) is 0 Å². The Morgan fingerprint density at radius 2 is 1.94 bits per heavy atom. The summed E-state index contributed by atoms with van der Waals surface area (Å²) in [6.07, 6.45) is 0.879. The SMILES string of the molecule is C[C@H](CCc1ccccc1)NC(=O)[C@@H](C)O. The van der Waals surface area contributed by atoms with Crippen LogP contribution in [-0.4, -0.2) is 23.2 Å². The van der Waals surface area contributed by atoms with Crippen molar-refractivity contribution in [1.82, 2.24) is 5.32 Å². The lowest BCUT2D eigenvalue weighted by atomic mass is 10.1. The average Bonchev–Trinajstić information content (AvgIpc) is 2.27. The summed E-state index contributed by atoms with van der Waals surface area (Å²) in [6.45, 7) is 3.42. The Morgan fingerprint density at radius 3 is 2.50 bits per heavy atom. The molecule has 3 heteroatoms. The normalized spacial score (nSPS) is 14.2. The van der Waals surface area contributed by atoms with E-state index in [2.05, 4.69) is 17.4 Å². The predicted octanol–water partition coefficient (Wildman–Crippen LogP) is 1.50. The third-order valence-electron chi connectivity index (χ3n) is 2.48. The summed E-state index contributed by atoms with van der Waals surface area (Å²) in [4.78, 5) is 11.2. The minimum atomic E-state index is -0.931. The lowest BCUT2D eigenvalue weighted by Crippen LogP contribution is -2.38. The fourth-order valence-corrected chi connectivity index (χ4v) is 1.46. The fourth-order valence-electron chi connectivity index (χ4n) is 1.46. The van der Waals surface area contributed by atoms with Crippen LogP contribution in [0.25, 0.3) is 0 Å². The molecule has 88 valence electrons. The van der Waals surface area contributed by atoms with Gasteiger partial charge in [-0.25, -0.2) is 0 Å². The number of benzene rings is 1. The first-order valence-electron chi connectivity index (χ1n) is 5.62. The number of aryl methyl sites for hydroxylation is 1. The van der Waals surface area contributed by atoms with Gasteiger partial charge in [-0.3, -0.25) is 4.79 Å². The van der Waals surface area contributed by atoms with Crippen molar-refractivity contribution in [3.05, 3.63) is 35.9 Å². The molecule has 3 nitrogen and oxygen atoms in total. The Morgan fingerprint density at radius 1 is 1.31 bits per heavy atom. The van der Waals surface area contributed by atoms with Gasteiger partial charge in [-0.1, -0.05) is 30.3 Å². The second-order valence-electron chi connectivity index (χ2n) is 4.11. The molecule has 0 saturated heterocycles. The van der Waals surface area contributed by atoms with E-state index >= 15 is 0 Å². The van der Waals surface area contributed by atoms with Crippen LogP contribution >= 0.6 is 0 Å². The molecule has 0 bridgehead atoms. The smallest absolute Gasteiger partial charge is 0.248 e. The van der Waals surface area contributed by atoms with Crippen LogP contribution in [0.4, 0.5) is 0 Å². The van der Waals surface area contributed by atoms with Crippen LogP contribution in [0.1, 0.15) is 25.8 Å². The summed E-state index contributed by atoms with van der Waals surface area (Å²) in [5.41, 5.74) is 1.26. The summed E-state index contributed by atoms with van der Waals surface area (Å²) in [6, 6.07) is 10.2. The lowest BCUT2D eigenvalue weighted by molar-refractivity contribution is -0.129. The molecule has 2 N–H and O–H groups in total. The number of hydrogen-bond acceptors (Lipinski definition) is 2. The standard InChI is InChI=1S/C13H19NO2/c1-10(14-13(16)11(2)15)8-9-12-6-4-3-5-7-12/h3-7,10-11,15H,8-9H2,1-2H3,(H,14,16)/t10-,11-/m1/s1. The number of aliphatic hydroxyl groups is 1. The monoisotopic (exact) mass is 221 g/mol. The molecule has 0 spiro atoms. The largest absolute Gasteiger partial charge is 0.384 e. The number of carbonyl (C=O) groups excluding carboxylic acids is 1. The highest BCUT2D eigenvalue weighted by molar-refractivity contribution is 5.80. The van der Waals surface area contributed by atoms with Crippen LogP contribution < -0.4 is 5.32 Å². The van der Waals surface area contributed by atoms with Gasteiger partial charge >= 0.3 is 0 Å². The Balaban J connectivity index is 2.30. The van der Waals surface area contributed by atoms with Gasteiger partial charge in [0.1, 0.15) is 6.10 Å². The van der Waals surface area contributed by atoms with Crippen molar-refractivity contribution in [2.24, 2.45) is 0 Å². The van der Waals surface area contributed by atoms with Crippen LogP contribution in [0.3, 0.4) is 0 Å². The molecule has 0 aliphatic carbocycles. The molecule has 1 amide bonds. The van der Waals surface area contributed by atoms with Crippen molar-refractivity contribution in [2.75, 3.05) is 0 Å².